The lowest BCUT2D eigenvalue weighted by molar-refractivity contribution is 0.312. The normalized spacial score (nSPS) is 15.5. The van der Waals surface area contributed by atoms with Gasteiger partial charge in [0.25, 0.3) is 0 Å². The van der Waals surface area contributed by atoms with Crippen molar-refractivity contribution in [2.24, 2.45) is 0 Å². The highest BCUT2D eigenvalue weighted by atomic mass is 15.1. The third-order valence-electron chi connectivity index (χ3n) is 5.50. The van der Waals surface area contributed by atoms with Crippen LogP contribution in [0.5, 0.6) is 0 Å². The molecule has 1 aromatic carbocycles. The third kappa shape index (κ3) is 2.97. The van der Waals surface area contributed by atoms with E-state index in [9.17, 15) is 0 Å². The Kier molecular flexibility index (Phi) is 4.41. The van der Waals surface area contributed by atoms with Crippen LogP contribution in [0.2, 0.25) is 0 Å². The molecule has 0 spiro atoms. The van der Waals surface area contributed by atoms with Gasteiger partial charge in [-0.05, 0) is 62.2 Å². The molecule has 0 saturated carbocycles. The first kappa shape index (κ1) is 17.0. The van der Waals surface area contributed by atoms with Crippen LogP contribution in [0, 0.1) is 6.92 Å². The Hall–Kier alpha value is -2.39. The number of aryl methyl sites for hydroxylation is 2. The van der Waals surface area contributed by atoms with E-state index in [4.69, 9.17) is 0 Å². The van der Waals surface area contributed by atoms with Crippen molar-refractivity contribution in [2.75, 3.05) is 13.6 Å². The quantitative estimate of drug-likeness (QED) is 0.672. The van der Waals surface area contributed by atoms with E-state index < -0.39 is 0 Å². The zero-order chi connectivity index (χ0) is 18.3. The Balaban J connectivity index is 1.85. The number of aromatic nitrogens is 2. The molecule has 0 radical (unpaired) electrons. The molecule has 0 unspecified atom stereocenters. The average molecular weight is 345 g/mol. The summed E-state index contributed by atoms with van der Waals surface area (Å²) in [6, 6.07) is 11.1. The monoisotopic (exact) mass is 345 g/mol. The SMILES string of the molecule is CCc1ccc(/C(C)=C/n2c3c(c4cc(C)ccc42)CN(C)CC3)cn1. The second-order valence-electron chi connectivity index (χ2n) is 7.51. The lowest BCUT2D eigenvalue weighted by Gasteiger charge is -2.23. The third-order valence-corrected chi connectivity index (χ3v) is 5.50. The molecule has 2 aromatic heterocycles. The minimum Gasteiger partial charge on any atom is -0.320 e. The van der Waals surface area contributed by atoms with Crippen molar-refractivity contribution in [1.29, 1.82) is 0 Å². The maximum atomic E-state index is 4.56. The summed E-state index contributed by atoms with van der Waals surface area (Å²) in [7, 11) is 2.21. The number of nitrogens with zero attached hydrogens (tertiary/aromatic N) is 3. The van der Waals surface area contributed by atoms with Gasteiger partial charge in [-0.25, -0.2) is 0 Å². The molecule has 0 atom stereocenters. The van der Waals surface area contributed by atoms with E-state index in [1.54, 1.807) is 0 Å². The molecule has 0 fully saturated rings. The highest BCUT2D eigenvalue weighted by molar-refractivity contribution is 5.90. The fourth-order valence-electron chi connectivity index (χ4n) is 3.92. The van der Waals surface area contributed by atoms with Crippen LogP contribution < -0.4 is 0 Å². The number of allylic oxidation sites excluding steroid dienone is 1. The maximum absolute atomic E-state index is 4.56. The van der Waals surface area contributed by atoms with Crippen LogP contribution >= 0.6 is 0 Å². The van der Waals surface area contributed by atoms with Crippen molar-refractivity contribution in [1.82, 2.24) is 14.5 Å². The average Bonchev–Trinajstić information content (AvgIpc) is 2.94. The highest BCUT2D eigenvalue weighted by Gasteiger charge is 2.21. The molecule has 0 N–H and O–H groups in total. The second kappa shape index (κ2) is 6.73. The molecule has 4 rings (SSSR count). The van der Waals surface area contributed by atoms with Gasteiger partial charge in [0, 0.05) is 48.7 Å². The number of likely N-dealkylation sites (N-methyl/N-ethyl adjacent to an activating group) is 1. The van der Waals surface area contributed by atoms with E-state index in [1.807, 2.05) is 6.20 Å². The van der Waals surface area contributed by atoms with Gasteiger partial charge in [-0.2, -0.15) is 0 Å². The molecule has 0 bridgehead atoms. The van der Waals surface area contributed by atoms with E-state index in [1.165, 1.54) is 38.9 Å². The summed E-state index contributed by atoms with van der Waals surface area (Å²) in [5.41, 5.74) is 9.17. The summed E-state index contributed by atoms with van der Waals surface area (Å²) in [5.74, 6) is 0. The van der Waals surface area contributed by atoms with Crippen molar-refractivity contribution in [2.45, 2.75) is 40.2 Å². The second-order valence-corrected chi connectivity index (χ2v) is 7.51. The fourth-order valence-corrected chi connectivity index (χ4v) is 3.92. The molecule has 3 heteroatoms. The number of rotatable bonds is 3. The lowest BCUT2D eigenvalue weighted by atomic mass is 10.0. The van der Waals surface area contributed by atoms with Gasteiger partial charge >= 0.3 is 0 Å². The minimum atomic E-state index is 0.978. The van der Waals surface area contributed by atoms with Gasteiger partial charge in [0.2, 0.25) is 0 Å². The summed E-state index contributed by atoms with van der Waals surface area (Å²) >= 11 is 0. The zero-order valence-electron chi connectivity index (χ0n) is 16.2. The first-order valence-electron chi connectivity index (χ1n) is 9.51. The molecule has 0 amide bonds. The van der Waals surface area contributed by atoms with Crippen molar-refractivity contribution in [3.63, 3.8) is 0 Å². The number of pyridine rings is 1. The number of benzene rings is 1. The van der Waals surface area contributed by atoms with Crippen molar-refractivity contribution in [3.8, 4) is 0 Å². The molecule has 0 saturated heterocycles. The van der Waals surface area contributed by atoms with Crippen LogP contribution in [0.4, 0.5) is 0 Å². The molecular weight excluding hydrogens is 318 g/mol. The first-order chi connectivity index (χ1) is 12.6. The van der Waals surface area contributed by atoms with Crippen molar-refractivity contribution < 1.29 is 0 Å². The highest BCUT2D eigenvalue weighted by Crippen LogP contribution is 2.32. The molecule has 1 aliphatic rings. The smallest absolute Gasteiger partial charge is 0.0529 e. The molecule has 1 aliphatic heterocycles. The standard InChI is InChI=1S/C23H27N3/c1-5-19-8-7-18(13-24-19)17(3)14-26-22-9-6-16(2)12-20(22)21-15-25(4)11-10-23(21)26/h6-9,12-14H,5,10-11,15H2,1-4H3/b17-14+. The largest absolute Gasteiger partial charge is 0.320 e. The van der Waals surface area contributed by atoms with E-state index in [0.717, 1.165) is 31.6 Å². The van der Waals surface area contributed by atoms with Crippen LogP contribution in [-0.4, -0.2) is 28.0 Å². The van der Waals surface area contributed by atoms with Gasteiger partial charge < -0.3 is 9.47 Å². The molecule has 26 heavy (non-hydrogen) atoms. The van der Waals surface area contributed by atoms with Crippen molar-refractivity contribution >= 4 is 22.7 Å². The number of fused-ring (bicyclic) bond motifs is 3. The Morgan fingerprint density at radius 2 is 2.08 bits per heavy atom. The Morgan fingerprint density at radius 3 is 2.81 bits per heavy atom. The Morgan fingerprint density at radius 1 is 1.23 bits per heavy atom. The zero-order valence-corrected chi connectivity index (χ0v) is 16.2. The molecule has 3 heterocycles. The molecule has 3 aromatic rings. The van der Waals surface area contributed by atoms with Crippen LogP contribution in [0.3, 0.4) is 0 Å². The number of hydrogen-bond donors (Lipinski definition) is 0. The number of hydrogen-bond acceptors (Lipinski definition) is 2. The van der Waals surface area contributed by atoms with Crippen LogP contribution in [0.15, 0.2) is 36.5 Å². The van der Waals surface area contributed by atoms with Gasteiger partial charge in [-0.15, -0.1) is 0 Å². The van der Waals surface area contributed by atoms with Gasteiger partial charge in [0.1, 0.15) is 0 Å². The predicted octanol–water partition coefficient (Wildman–Crippen LogP) is 4.91. The molecule has 3 nitrogen and oxygen atoms in total. The topological polar surface area (TPSA) is 21.1 Å². The van der Waals surface area contributed by atoms with Crippen LogP contribution in [-0.2, 0) is 19.4 Å². The molecule has 134 valence electrons. The summed E-state index contributed by atoms with van der Waals surface area (Å²) in [5, 5.41) is 1.40. The van der Waals surface area contributed by atoms with Crippen molar-refractivity contribution in [3.05, 3.63) is 64.6 Å². The fraction of sp³-hybridized carbons (Fsp3) is 0.348. The minimum absolute atomic E-state index is 0.978. The maximum Gasteiger partial charge on any atom is 0.0529 e. The van der Waals surface area contributed by atoms with E-state index >= 15 is 0 Å². The first-order valence-corrected chi connectivity index (χ1v) is 9.51. The van der Waals surface area contributed by atoms with Gasteiger partial charge in [0.05, 0.1) is 5.52 Å². The summed E-state index contributed by atoms with van der Waals surface area (Å²) in [6.45, 7) is 8.65. The summed E-state index contributed by atoms with van der Waals surface area (Å²) < 4.78 is 2.42. The molecular formula is C23H27N3. The summed E-state index contributed by atoms with van der Waals surface area (Å²) in [6.07, 6.45) is 6.37. The van der Waals surface area contributed by atoms with Crippen LogP contribution in [0.1, 0.15) is 41.9 Å². The van der Waals surface area contributed by atoms with Crippen LogP contribution in [0.25, 0.3) is 22.7 Å². The van der Waals surface area contributed by atoms with Gasteiger partial charge in [0.15, 0.2) is 0 Å². The lowest BCUT2D eigenvalue weighted by Crippen LogP contribution is -2.26. The van der Waals surface area contributed by atoms with Gasteiger partial charge in [-0.1, -0.05) is 24.6 Å². The Bertz CT molecular complexity index is 977. The predicted molar refractivity (Wildman–Crippen MR) is 110 cm³/mol. The summed E-state index contributed by atoms with van der Waals surface area (Å²) in [4.78, 5) is 6.98. The van der Waals surface area contributed by atoms with E-state index in [0.29, 0.717) is 0 Å². The van der Waals surface area contributed by atoms with E-state index in [-0.39, 0.29) is 0 Å². The van der Waals surface area contributed by atoms with Gasteiger partial charge in [-0.3, -0.25) is 4.98 Å². The molecule has 0 aliphatic carbocycles. The Labute approximate surface area is 156 Å². The van der Waals surface area contributed by atoms with E-state index in [2.05, 4.69) is 78.8 Å².